The molecule has 0 saturated heterocycles. The maximum Gasteiger partial charge on any atom is 0.119 e. The predicted octanol–water partition coefficient (Wildman–Crippen LogP) is 2.87. The largest absolute Gasteiger partial charge is 0.493 e. The van der Waals surface area contributed by atoms with Crippen LogP contribution in [0.25, 0.3) is 0 Å². The summed E-state index contributed by atoms with van der Waals surface area (Å²) in [4.78, 5) is 0. The van der Waals surface area contributed by atoms with Gasteiger partial charge in [-0.05, 0) is 30.4 Å². The first kappa shape index (κ1) is 12.4. The Morgan fingerprint density at radius 3 is 2.53 bits per heavy atom. The molecule has 1 aromatic rings. The van der Waals surface area contributed by atoms with Gasteiger partial charge in [0, 0.05) is 5.75 Å². The van der Waals surface area contributed by atoms with Crippen LogP contribution >= 0.6 is 11.8 Å². The van der Waals surface area contributed by atoms with Crippen molar-refractivity contribution in [2.45, 2.75) is 19.4 Å². The lowest BCUT2D eigenvalue weighted by Crippen LogP contribution is -2.00. The van der Waals surface area contributed by atoms with Gasteiger partial charge in [0.15, 0.2) is 0 Å². The minimum Gasteiger partial charge on any atom is -0.493 e. The molecule has 1 N–H and O–H groups in total. The fraction of sp³-hybridized carbons (Fsp3) is 0.500. The van der Waals surface area contributed by atoms with Crippen LogP contribution in [-0.2, 0) is 0 Å². The lowest BCUT2D eigenvalue weighted by atomic mass is 10.1. The van der Waals surface area contributed by atoms with E-state index in [1.165, 1.54) is 0 Å². The van der Waals surface area contributed by atoms with Crippen LogP contribution in [0, 0.1) is 0 Å². The Morgan fingerprint density at radius 1 is 1.33 bits per heavy atom. The molecule has 0 aliphatic rings. The quantitative estimate of drug-likeness (QED) is 0.756. The summed E-state index contributed by atoms with van der Waals surface area (Å²) in [7, 11) is 0. The molecule has 15 heavy (non-hydrogen) atoms. The van der Waals surface area contributed by atoms with Gasteiger partial charge in [-0.1, -0.05) is 19.1 Å². The smallest absolute Gasteiger partial charge is 0.119 e. The number of hydrogen-bond acceptors (Lipinski definition) is 3. The van der Waals surface area contributed by atoms with Gasteiger partial charge in [0.05, 0.1) is 12.7 Å². The zero-order chi connectivity index (χ0) is 11.1. The minimum absolute atomic E-state index is 0.356. The maximum absolute atomic E-state index is 9.59. The van der Waals surface area contributed by atoms with Crippen molar-refractivity contribution < 1.29 is 9.84 Å². The molecule has 1 rings (SSSR count). The summed E-state index contributed by atoms with van der Waals surface area (Å²) in [6, 6.07) is 7.66. The molecule has 3 heteroatoms. The van der Waals surface area contributed by atoms with E-state index in [2.05, 4.69) is 6.26 Å². The molecule has 0 bridgehead atoms. The first-order chi connectivity index (χ1) is 7.27. The molecule has 2 nitrogen and oxygen atoms in total. The Balaban J connectivity index is 2.49. The van der Waals surface area contributed by atoms with Crippen LogP contribution in [0.15, 0.2) is 24.3 Å². The van der Waals surface area contributed by atoms with Gasteiger partial charge < -0.3 is 9.84 Å². The Kier molecular flexibility index (Phi) is 5.58. The standard InChI is InChI=1S/C12H18O2S/c1-3-12(13)10-4-6-11(7-5-10)14-8-9-15-2/h4-7,12-13H,3,8-9H2,1-2H3/t12-/m0/s1. The van der Waals surface area contributed by atoms with Gasteiger partial charge in [-0.25, -0.2) is 0 Å². The number of ether oxygens (including phenoxy) is 1. The normalized spacial score (nSPS) is 12.5. The number of hydrogen-bond donors (Lipinski definition) is 1. The average Bonchev–Trinajstić information content (AvgIpc) is 2.29. The predicted molar refractivity (Wildman–Crippen MR) is 65.6 cm³/mol. The number of aliphatic hydroxyl groups is 1. The van der Waals surface area contributed by atoms with Gasteiger partial charge >= 0.3 is 0 Å². The van der Waals surface area contributed by atoms with E-state index in [9.17, 15) is 5.11 Å². The molecule has 0 unspecified atom stereocenters. The first-order valence-electron chi connectivity index (χ1n) is 5.17. The van der Waals surface area contributed by atoms with Crippen LogP contribution in [0.5, 0.6) is 5.75 Å². The number of aliphatic hydroxyl groups excluding tert-OH is 1. The van der Waals surface area contributed by atoms with E-state index in [4.69, 9.17) is 4.74 Å². The van der Waals surface area contributed by atoms with Gasteiger partial charge in [0.25, 0.3) is 0 Å². The molecular weight excluding hydrogens is 208 g/mol. The van der Waals surface area contributed by atoms with Crippen LogP contribution in [0.1, 0.15) is 25.0 Å². The molecule has 1 aromatic carbocycles. The van der Waals surface area contributed by atoms with Crippen LogP contribution < -0.4 is 4.74 Å². The molecule has 0 saturated carbocycles. The molecule has 0 heterocycles. The summed E-state index contributed by atoms with van der Waals surface area (Å²) < 4.78 is 5.51. The Labute approximate surface area is 95.7 Å². The van der Waals surface area contributed by atoms with Gasteiger partial charge in [-0.3, -0.25) is 0 Å². The molecule has 0 spiro atoms. The number of thioether (sulfide) groups is 1. The van der Waals surface area contributed by atoms with E-state index in [1.54, 1.807) is 11.8 Å². The highest BCUT2D eigenvalue weighted by Gasteiger charge is 2.03. The van der Waals surface area contributed by atoms with Gasteiger partial charge in [0.2, 0.25) is 0 Å². The third kappa shape index (κ3) is 4.14. The highest BCUT2D eigenvalue weighted by Crippen LogP contribution is 2.19. The maximum atomic E-state index is 9.59. The highest BCUT2D eigenvalue weighted by molar-refractivity contribution is 7.98. The molecule has 0 amide bonds. The Hall–Kier alpha value is -0.670. The van der Waals surface area contributed by atoms with Crippen LogP contribution in [-0.4, -0.2) is 23.7 Å². The third-order valence-corrected chi connectivity index (χ3v) is 2.78. The lowest BCUT2D eigenvalue weighted by molar-refractivity contribution is 0.173. The van der Waals surface area contributed by atoms with Crippen LogP contribution in [0.2, 0.25) is 0 Å². The van der Waals surface area contributed by atoms with E-state index in [0.29, 0.717) is 0 Å². The van der Waals surface area contributed by atoms with Crippen molar-refractivity contribution in [1.82, 2.24) is 0 Å². The molecule has 0 aliphatic heterocycles. The molecule has 0 radical (unpaired) electrons. The van der Waals surface area contributed by atoms with Crippen molar-refractivity contribution in [3.05, 3.63) is 29.8 Å². The van der Waals surface area contributed by atoms with Crippen molar-refractivity contribution in [3.63, 3.8) is 0 Å². The van der Waals surface area contributed by atoms with Crippen molar-refractivity contribution in [1.29, 1.82) is 0 Å². The van der Waals surface area contributed by atoms with Crippen LogP contribution in [0.4, 0.5) is 0 Å². The third-order valence-electron chi connectivity index (χ3n) is 2.21. The second kappa shape index (κ2) is 6.75. The second-order valence-corrected chi connectivity index (χ2v) is 4.32. The molecule has 0 aromatic heterocycles. The van der Waals surface area contributed by atoms with Crippen molar-refractivity contribution in [3.8, 4) is 5.75 Å². The van der Waals surface area contributed by atoms with E-state index >= 15 is 0 Å². The average molecular weight is 226 g/mol. The summed E-state index contributed by atoms with van der Waals surface area (Å²) in [6.07, 6.45) is 2.45. The fourth-order valence-corrected chi connectivity index (χ4v) is 1.51. The molecule has 0 aliphatic carbocycles. The topological polar surface area (TPSA) is 29.5 Å². The summed E-state index contributed by atoms with van der Waals surface area (Å²) >= 11 is 1.77. The van der Waals surface area contributed by atoms with E-state index in [-0.39, 0.29) is 6.10 Å². The SMILES string of the molecule is CC[C@H](O)c1ccc(OCCSC)cc1. The highest BCUT2D eigenvalue weighted by atomic mass is 32.2. The molecule has 84 valence electrons. The summed E-state index contributed by atoms with van der Waals surface area (Å²) in [5, 5.41) is 9.59. The zero-order valence-corrected chi connectivity index (χ0v) is 10.1. The Bertz CT molecular complexity index is 271. The zero-order valence-electron chi connectivity index (χ0n) is 9.27. The second-order valence-electron chi connectivity index (χ2n) is 3.33. The molecule has 0 fully saturated rings. The molecular formula is C12H18O2S. The van der Waals surface area contributed by atoms with Gasteiger partial charge in [-0.15, -0.1) is 0 Å². The van der Waals surface area contributed by atoms with Crippen LogP contribution in [0.3, 0.4) is 0 Å². The van der Waals surface area contributed by atoms with E-state index in [1.807, 2.05) is 31.2 Å². The van der Waals surface area contributed by atoms with Gasteiger partial charge in [-0.2, -0.15) is 11.8 Å². The Morgan fingerprint density at radius 2 is 2.00 bits per heavy atom. The van der Waals surface area contributed by atoms with Crippen molar-refractivity contribution in [2.75, 3.05) is 18.6 Å². The number of rotatable bonds is 6. The van der Waals surface area contributed by atoms with E-state index < -0.39 is 0 Å². The van der Waals surface area contributed by atoms with Crippen molar-refractivity contribution >= 4 is 11.8 Å². The van der Waals surface area contributed by atoms with Crippen molar-refractivity contribution in [2.24, 2.45) is 0 Å². The first-order valence-corrected chi connectivity index (χ1v) is 6.57. The molecule has 1 atom stereocenters. The monoisotopic (exact) mass is 226 g/mol. The lowest BCUT2D eigenvalue weighted by Gasteiger charge is -2.09. The summed E-state index contributed by atoms with van der Waals surface area (Å²) in [5.41, 5.74) is 0.953. The van der Waals surface area contributed by atoms with E-state index in [0.717, 1.165) is 30.1 Å². The summed E-state index contributed by atoms with van der Waals surface area (Å²) in [5.74, 6) is 1.87. The minimum atomic E-state index is -0.356. The number of benzene rings is 1. The fourth-order valence-electron chi connectivity index (χ4n) is 1.26. The summed E-state index contributed by atoms with van der Waals surface area (Å²) in [6.45, 7) is 2.70. The van der Waals surface area contributed by atoms with Gasteiger partial charge in [0.1, 0.15) is 5.75 Å².